The number of hydrogen-bond acceptors (Lipinski definition) is 5. The molecule has 5 rings (SSSR count). The summed E-state index contributed by atoms with van der Waals surface area (Å²) in [6.07, 6.45) is 3.64. The molecule has 1 aliphatic carbocycles. The molecular formula is C16H26O5. The lowest BCUT2D eigenvalue weighted by Gasteiger charge is -2.60. The third-order valence-corrected chi connectivity index (χ3v) is 6.33. The zero-order chi connectivity index (χ0) is 14.8. The fraction of sp³-hybridized carbons (Fsp3) is 1.00. The molecule has 0 aromatic heterocycles. The molecule has 21 heavy (non-hydrogen) atoms. The van der Waals surface area contributed by atoms with Crippen molar-refractivity contribution in [1.29, 1.82) is 0 Å². The average Bonchev–Trinajstić information content (AvgIpc) is 2.69. The Morgan fingerprint density at radius 2 is 1.86 bits per heavy atom. The van der Waals surface area contributed by atoms with Gasteiger partial charge < -0.3 is 14.2 Å². The Balaban J connectivity index is 1.79. The molecule has 0 aromatic carbocycles. The Labute approximate surface area is 126 Å². The van der Waals surface area contributed by atoms with Crippen molar-refractivity contribution in [2.75, 3.05) is 7.11 Å². The molecule has 1 spiro atoms. The van der Waals surface area contributed by atoms with E-state index in [9.17, 15) is 0 Å². The molecule has 0 amide bonds. The van der Waals surface area contributed by atoms with Crippen molar-refractivity contribution >= 4 is 0 Å². The van der Waals surface area contributed by atoms with Crippen LogP contribution in [0.1, 0.15) is 46.5 Å². The van der Waals surface area contributed by atoms with Gasteiger partial charge in [-0.1, -0.05) is 13.8 Å². The summed E-state index contributed by atoms with van der Waals surface area (Å²) in [6.45, 7) is 6.46. The van der Waals surface area contributed by atoms with Gasteiger partial charge in [0.1, 0.15) is 0 Å². The van der Waals surface area contributed by atoms with Crippen molar-refractivity contribution in [3.05, 3.63) is 0 Å². The summed E-state index contributed by atoms with van der Waals surface area (Å²) in [5.41, 5.74) is -0.470. The van der Waals surface area contributed by atoms with E-state index in [4.69, 9.17) is 24.0 Å². The molecule has 4 aliphatic heterocycles. The molecule has 8 atom stereocenters. The second-order valence-corrected chi connectivity index (χ2v) is 7.51. The number of rotatable bonds is 1. The van der Waals surface area contributed by atoms with E-state index >= 15 is 0 Å². The fourth-order valence-corrected chi connectivity index (χ4v) is 5.14. The summed E-state index contributed by atoms with van der Waals surface area (Å²) in [4.78, 5) is 11.8. The van der Waals surface area contributed by atoms with Crippen molar-refractivity contribution in [2.45, 2.75) is 70.4 Å². The zero-order valence-electron chi connectivity index (χ0n) is 13.3. The maximum atomic E-state index is 6.21. The average molecular weight is 298 g/mol. The first-order valence-corrected chi connectivity index (χ1v) is 8.23. The lowest BCUT2D eigenvalue weighted by Crippen LogP contribution is -2.70. The molecular weight excluding hydrogens is 272 g/mol. The molecule has 5 nitrogen and oxygen atoms in total. The van der Waals surface area contributed by atoms with Gasteiger partial charge in [-0.3, -0.25) is 0 Å². The number of methoxy groups -OCH3 is 1. The van der Waals surface area contributed by atoms with Crippen molar-refractivity contribution in [3.63, 3.8) is 0 Å². The number of fused-ring (bicyclic) bond motifs is 2. The van der Waals surface area contributed by atoms with E-state index in [0.29, 0.717) is 17.8 Å². The molecule has 4 heterocycles. The molecule has 0 radical (unpaired) electrons. The fourth-order valence-electron chi connectivity index (χ4n) is 5.14. The zero-order valence-corrected chi connectivity index (χ0v) is 13.3. The van der Waals surface area contributed by atoms with E-state index in [-0.39, 0.29) is 12.2 Å². The van der Waals surface area contributed by atoms with Crippen LogP contribution in [0.5, 0.6) is 0 Å². The SMILES string of the molecule is CO[C@@H]1O[C@H]2O[C@@]3(C)CC[C@@H]4[C@@H](C)CC[C@H]([C@@H]1C)[C@@]24OO3. The minimum absolute atomic E-state index is 0.230. The second kappa shape index (κ2) is 4.65. The highest BCUT2D eigenvalue weighted by atomic mass is 17.3. The lowest BCUT2D eigenvalue weighted by atomic mass is 9.58. The van der Waals surface area contributed by atoms with Gasteiger partial charge in [0.05, 0.1) is 0 Å². The molecule has 5 aliphatic rings. The Morgan fingerprint density at radius 3 is 2.62 bits per heavy atom. The summed E-state index contributed by atoms with van der Waals surface area (Å²) in [5.74, 6) is 0.953. The number of ether oxygens (including phenoxy) is 3. The maximum absolute atomic E-state index is 6.21. The largest absolute Gasteiger partial charge is 0.355 e. The van der Waals surface area contributed by atoms with Gasteiger partial charge in [-0.15, -0.1) is 0 Å². The van der Waals surface area contributed by atoms with Crippen molar-refractivity contribution in [3.8, 4) is 0 Å². The van der Waals surface area contributed by atoms with E-state index in [0.717, 1.165) is 19.3 Å². The summed E-state index contributed by atoms with van der Waals surface area (Å²) in [7, 11) is 1.70. The van der Waals surface area contributed by atoms with Gasteiger partial charge in [-0.05, 0) is 38.0 Å². The summed E-state index contributed by atoms with van der Waals surface area (Å²) >= 11 is 0. The van der Waals surface area contributed by atoms with Crippen LogP contribution in [-0.2, 0) is 24.0 Å². The van der Waals surface area contributed by atoms with Crippen molar-refractivity contribution in [2.24, 2.45) is 23.7 Å². The highest BCUT2D eigenvalue weighted by Gasteiger charge is 2.69. The van der Waals surface area contributed by atoms with Gasteiger partial charge in [-0.2, -0.15) is 0 Å². The van der Waals surface area contributed by atoms with E-state index in [1.165, 1.54) is 6.42 Å². The van der Waals surface area contributed by atoms with Crippen LogP contribution in [0.15, 0.2) is 0 Å². The molecule has 0 unspecified atom stereocenters. The molecule has 4 saturated heterocycles. The third kappa shape index (κ3) is 1.81. The minimum atomic E-state index is -0.698. The van der Waals surface area contributed by atoms with Gasteiger partial charge in [0, 0.05) is 25.4 Å². The van der Waals surface area contributed by atoms with E-state index in [1.54, 1.807) is 7.11 Å². The van der Waals surface area contributed by atoms with Gasteiger partial charge in [0.15, 0.2) is 18.2 Å². The Kier molecular flexibility index (Phi) is 3.19. The summed E-state index contributed by atoms with van der Waals surface area (Å²) in [5, 5.41) is 0. The summed E-state index contributed by atoms with van der Waals surface area (Å²) < 4.78 is 17.9. The second-order valence-electron chi connectivity index (χ2n) is 7.51. The van der Waals surface area contributed by atoms with Gasteiger partial charge in [0.25, 0.3) is 0 Å². The third-order valence-electron chi connectivity index (χ3n) is 6.33. The predicted molar refractivity (Wildman–Crippen MR) is 73.8 cm³/mol. The highest BCUT2D eigenvalue weighted by molar-refractivity contribution is 5.08. The molecule has 5 heteroatoms. The van der Waals surface area contributed by atoms with Gasteiger partial charge >= 0.3 is 0 Å². The van der Waals surface area contributed by atoms with Crippen LogP contribution >= 0.6 is 0 Å². The smallest absolute Gasteiger partial charge is 0.201 e. The standard InChI is InChI=1S/C16H26O5/c1-9-5-6-12-10(2)13(17-4)18-14-16(12)11(9)7-8-15(3,19-14)20-21-16/h9-14H,5-8H2,1-4H3/t9-,10-,11+,12+,13+,14-,15+,16+/m0/s1. The van der Waals surface area contributed by atoms with Crippen LogP contribution < -0.4 is 0 Å². The molecule has 5 fully saturated rings. The van der Waals surface area contributed by atoms with Crippen LogP contribution in [0.25, 0.3) is 0 Å². The van der Waals surface area contributed by atoms with Crippen molar-refractivity contribution < 1.29 is 24.0 Å². The van der Waals surface area contributed by atoms with Crippen molar-refractivity contribution in [1.82, 2.24) is 0 Å². The lowest BCUT2D eigenvalue weighted by molar-refractivity contribution is -0.577. The quantitative estimate of drug-likeness (QED) is 0.697. The predicted octanol–water partition coefficient (Wildman–Crippen LogP) is 2.84. The van der Waals surface area contributed by atoms with Crippen LogP contribution in [0.2, 0.25) is 0 Å². The van der Waals surface area contributed by atoms with Gasteiger partial charge in [-0.25, -0.2) is 9.78 Å². The van der Waals surface area contributed by atoms with Crippen LogP contribution in [0.3, 0.4) is 0 Å². The summed E-state index contributed by atoms with van der Waals surface area (Å²) in [6, 6.07) is 0. The Hall–Kier alpha value is -0.200. The van der Waals surface area contributed by atoms with E-state index in [1.807, 2.05) is 6.92 Å². The molecule has 120 valence electrons. The Morgan fingerprint density at radius 1 is 1.05 bits per heavy atom. The molecule has 0 aromatic rings. The minimum Gasteiger partial charge on any atom is -0.355 e. The number of hydrogen-bond donors (Lipinski definition) is 0. The first-order valence-electron chi connectivity index (χ1n) is 8.23. The monoisotopic (exact) mass is 298 g/mol. The van der Waals surface area contributed by atoms with Crippen LogP contribution in [0.4, 0.5) is 0 Å². The maximum Gasteiger partial charge on any atom is 0.201 e. The Bertz CT molecular complexity index is 429. The van der Waals surface area contributed by atoms with Crippen LogP contribution in [-0.4, -0.2) is 31.1 Å². The molecule has 1 saturated carbocycles. The normalized spacial score (nSPS) is 59.4. The van der Waals surface area contributed by atoms with E-state index in [2.05, 4.69) is 13.8 Å². The van der Waals surface area contributed by atoms with E-state index < -0.39 is 17.7 Å². The molecule has 2 bridgehead atoms. The van der Waals surface area contributed by atoms with Gasteiger partial charge in [0.2, 0.25) is 5.79 Å². The first-order chi connectivity index (χ1) is 10.00. The van der Waals surface area contributed by atoms with Crippen LogP contribution in [0, 0.1) is 23.7 Å². The first kappa shape index (κ1) is 14.4. The topological polar surface area (TPSA) is 46.2 Å². The highest BCUT2D eigenvalue weighted by Crippen LogP contribution is 2.60. The molecule has 0 N–H and O–H groups in total.